The van der Waals surface area contributed by atoms with Crippen LogP contribution in [0, 0.1) is 0 Å². The van der Waals surface area contributed by atoms with Gasteiger partial charge in [0.25, 0.3) is 0 Å². The lowest BCUT2D eigenvalue weighted by Gasteiger charge is -2.48. The Morgan fingerprint density at radius 1 is 0.508 bits per heavy atom. The van der Waals surface area contributed by atoms with Gasteiger partial charge in [0.2, 0.25) is 0 Å². The van der Waals surface area contributed by atoms with E-state index in [0.29, 0.717) is 0 Å². The van der Waals surface area contributed by atoms with E-state index in [1.54, 1.807) is 0 Å². The second-order valence-electron chi connectivity index (χ2n) is 23.4. The molecule has 3 nitrogen and oxygen atoms in total. The van der Waals surface area contributed by atoms with Crippen LogP contribution in [0.15, 0.2) is 126 Å². The Labute approximate surface area is 381 Å². The van der Waals surface area contributed by atoms with Gasteiger partial charge < -0.3 is 13.8 Å². The first-order chi connectivity index (χ1) is 30.9. The average Bonchev–Trinajstić information content (AvgIpc) is 3.80. The minimum absolute atomic E-state index is 0.00970. The van der Waals surface area contributed by atoms with Crippen molar-refractivity contribution in [2.75, 3.05) is 4.90 Å². The highest BCUT2D eigenvalue weighted by molar-refractivity contribution is 6.91. The summed E-state index contributed by atoms with van der Waals surface area (Å²) in [6.45, 7) is 26.0. The van der Waals surface area contributed by atoms with Gasteiger partial charge in [0.05, 0.1) is 11.4 Å². The smallest absolute Gasteiger partial charge is 0.333 e. The number of nitrogens with zero attached hydrogens (tertiary/aromatic N) is 2. The summed E-state index contributed by atoms with van der Waals surface area (Å²) in [5.74, 6) is 0. The van der Waals surface area contributed by atoms with Gasteiger partial charge >= 0.3 is 6.85 Å². The Kier molecular flexibility index (Phi) is 6.78. The number of para-hydroxylation sites is 2. The number of hydrogen-bond donors (Lipinski definition) is 0. The third-order valence-electron chi connectivity index (χ3n) is 16.1. The van der Waals surface area contributed by atoms with Crippen molar-refractivity contribution in [2.24, 2.45) is 0 Å². The number of aromatic nitrogens is 1. The molecule has 0 spiro atoms. The number of anilines is 3. The Morgan fingerprint density at radius 3 is 1.94 bits per heavy atom. The van der Waals surface area contributed by atoms with E-state index in [2.05, 4.69) is 207 Å². The highest BCUT2D eigenvalue weighted by Gasteiger charge is 2.50. The van der Waals surface area contributed by atoms with E-state index in [1.807, 2.05) is 0 Å². The maximum Gasteiger partial charge on any atom is 0.333 e. The molecule has 0 bridgehead atoms. The summed E-state index contributed by atoms with van der Waals surface area (Å²) in [6.07, 6.45) is 0. The zero-order valence-corrected chi connectivity index (χ0v) is 39.4. The first kappa shape index (κ1) is 37.8. The second kappa shape index (κ2) is 11.6. The van der Waals surface area contributed by atoms with Crippen molar-refractivity contribution in [1.29, 1.82) is 0 Å². The molecule has 316 valence electrons. The van der Waals surface area contributed by atoms with Crippen LogP contribution in [0.1, 0.15) is 104 Å². The monoisotopic (exact) mass is 840 g/mol. The number of furan rings is 1. The first-order valence-corrected chi connectivity index (χ1v) is 23.7. The molecule has 0 saturated carbocycles. The molecule has 0 radical (unpaired) electrons. The van der Waals surface area contributed by atoms with Gasteiger partial charge in [0, 0.05) is 66.1 Å². The molecule has 2 aromatic heterocycles. The summed E-state index contributed by atoms with van der Waals surface area (Å²) >= 11 is 0. The number of rotatable bonds is 0. The predicted octanol–water partition coefficient (Wildman–Crippen LogP) is 15.5. The molecule has 0 N–H and O–H groups in total. The van der Waals surface area contributed by atoms with Crippen LogP contribution >= 0.6 is 0 Å². The van der Waals surface area contributed by atoms with Crippen LogP contribution in [0.4, 0.5) is 17.1 Å². The van der Waals surface area contributed by atoms with E-state index in [0.717, 1.165) is 11.2 Å². The fraction of sp³-hybridized carbons (Fsp3) is 0.246. The fourth-order valence-electron chi connectivity index (χ4n) is 12.7. The van der Waals surface area contributed by atoms with Gasteiger partial charge in [-0.05, 0) is 118 Å². The zero-order valence-electron chi connectivity index (χ0n) is 39.4. The third kappa shape index (κ3) is 4.63. The van der Waals surface area contributed by atoms with Crippen LogP contribution in [0.5, 0.6) is 0 Å². The minimum atomic E-state index is -0.291. The highest BCUT2D eigenvalue weighted by Crippen LogP contribution is 2.58. The fourth-order valence-corrected chi connectivity index (χ4v) is 12.7. The summed E-state index contributed by atoms with van der Waals surface area (Å²) in [5.41, 5.74) is 20.2. The molecule has 5 heterocycles. The van der Waals surface area contributed by atoms with Gasteiger partial charge in [-0.15, -0.1) is 0 Å². The van der Waals surface area contributed by atoms with Crippen LogP contribution in [-0.2, 0) is 21.7 Å². The van der Waals surface area contributed by atoms with Gasteiger partial charge in [-0.2, -0.15) is 0 Å². The summed E-state index contributed by atoms with van der Waals surface area (Å²) in [6, 6.07) is 47.7. The van der Waals surface area contributed by atoms with Crippen LogP contribution in [0.3, 0.4) is 0 Å². The molecule has 4 heteroatoms. The molecule has 0 amide bonds. The van der Waals surface area contributed by atoms with Gasteiger partial charge in [-0.1, -0.05) is 155 Å². The summed E-state index contributed by atoms with van der Waals surface area (Å²) < 4.78 is 9.53. The number of fused-ring (bicyclic) bond motifs is 14. The Balaban J connectivity index is 1.23. The highest BCUT2D eigenvalue weighted by atomic mass is 16.3. The van der Waals surface area contributed by atoms with E-state index in [1.165, 1.54) is 132 Å². The standard InChI is InChI=1S/C61H53BN2O/c1-58(2,3)34-21-24-47-40(27-34)42-28-36(60(7,8)9)29-43-53-38-22-19-32-25-35(59(4,5)6)26-33-20-23-39(52(38)51(32)33)56-54(53)62(64(47)55(42)43)46-17-14-16-44-57(46)63(56)48-31-50-41(30-45(48)61(44,10)11)37-15-12-13-18-49(37)65-50/h12-31H,1-11H3. The molecule has 0 fully saturated rings. The van der Waals surface area contributed by atoms with Crippen molar-refractivity contribution >= 4 is 111 Å². The van der Waals surface area contributed by atoms with Crippen molar-refractivity contribution < 1.29 is 4.42 Å². The summed E-state index contributed by atoms with van der Waals surface area (Å²) in [7, 11) is 0. The molecule has 14 rings (SSSR count). The van der Waals surface area contributed by atoms with Gasteiger partial charge in [-0.25, -0.2) is 0 Å². The summed E-state index contributed by atoms with van der Waals surface area (Å²) in [5, 5.41) is 13.0. The third-order valence-corrected chi connectivity index (χ3v) is 16.1. The Hall–Kier alpha value is -6.52. The molecular weight excluding hydrogens is 787 g/mol. The van der Waals surface area contributed by atoms with E-state index in [4.69, 9.17) is 4.42 Å². The van der Waals surface area contributed by atoms with Crippen molar-refractivity contribution in [3.05, 3.63) is 149 Å². The maximum atomic E-state index is 6.77. The van der Waals surface area contributed by atoms with Gasteiger partial charge in [0.1, 0.15) is 11.2 Å². The zero-order chi connectivity index (χ0) is 44.6. The first-order valence-electron chi connectivity index (χ1n) is 23.7. The second-order valence-corrected chi connectivity index (χ2v) is 23.4. The minimum Gasteiger partial charge on any atom is -0.456 e. The molecule has 0 aliphatic carbocycles. The molecule has 9 aromatic carbocycles. The van der Waals surface area contributed by atoms with Crippen LogP contribution in [0.25, 0.3) is 87.2 Å². The van der Waals surface area contributed by atoms with Crippen LogP contribution in [0.2, 0.25) is 0 Å². The van der Waals surface area contributed by atoms with E-state index < -0.39 is 0 Å². The van der Waals surface area contributed by atoms with E-state index >= 15 is 0 Å². The molecule has 65 heavy (non-hydrogen) atoms. The SMILES string of the molecule is CC(C)(C)c1cc2ccc3c4c5c(c6ccc(c1)c2c36)N1c2cc3oc6ccccc6c3cc2C(C)(C)c2cccc(c21)B5n1c2ccc(C(C)(C)C)cc2c2cc(C(C)(C)C)cc-4c21. The Morgan fingerprint density at radius 2 is 1.20 bits per heavy atom. The largest absolute Gasteiger partial charge is 0.456 e. The molecule has 0 atom stereocenters. The van der Waals surface area contributed by atoms with Crippen molar-refractivity contribution in [3.63, 3.8) is 0 Å². The lowest BCUT2D eigenvalue weighted by Crippen LogP contribution is -2.58. The lowest BCUT2D eigenvalue weighted by atomic mass is 9.43. The number of benzene rings is 9. The molecule has 3 aliphatic heterocycles. The molecule has 0 unspecified atom stereocenters. The normalized spacial score (nSPS) is 15.4. The summed E-state index contributed by atoms with van der Waals surface area (Å²) in [4.78, 5) is 2.69. The van der Waals surface area contributed by atoms with E-state index in [-0.39, 0.29) is 28.5 Å². The predicted molar refractivity (Wildman–Crippen MR) is 279 cm³/mol. The quantitative estimate of drug-likeness (QED) is 0.112. The average molecular weight is 841 g/mol. The molecule has 11 aromatic rings. The van der Waals surface area contributed by atoms with Crippen molar-refractivity contribution in [1.82, 2.24) is 4.48 Å². The lowest BCUT2D eigenvalue weighted by molar-refractivity contribution is 0.590. The molecular formula is C61H53BN2O. The Bertz CT molecular complexity index is 3970. The molecule has 3 aliphatic rings. The maximum absolute atomic E-state index is 6.77. The van der Waals surface area contributed by atoms with Crippen molar-refractivity contribution in [2.45, 2.75) is 97.8 Å². The topological polar surface area (TPSA) is 21.3 Å². The van der Waals surface area contributed by atoms with Crippen LogP contribution in [-0.4, -0.2) is 11.3 Å². The number of hydrogen-bond acceptors (Lipinski definition) is 2. The van der Waals surface area contributed by atoms with E-state index in [9.17, 15) is 0 Å². The van der Waals surface area contributed by atoms with Gasteiger partial charge in [0.15, 0.2) is 0 Å². The molecule has 0 saturated heterocycles. The van der Waals surface area contributed by atoms with Crippen molar-refractivity contribution in [3.8, 4) is 11.1 Å². The van der Waals surface area contributed by atoms with Gasteiger partial charge in [-0.3, -0.25) is 0 Å². The van der Waals surface area contributed by atoms with Crippen LogP contribution < -0.4 is 15.8 Å².